The van der Waals surface area contributed by atoms with Crippen LogP contribution in [-0.2, 0) is 32.7 Å². The summed E-state index contributed by atoms with van der Waals surface area (Å²) in [5.74, 6) is -0.791. The second-order valence-electron chi connectivity index (χ2n) is 22.4. The zero-order valence-electron chi connectivity index (χ0n) is 50.2. The maximum absolute atomic E-state index is 12.8. The summed E-state index contributed by atoms with van der Waals surface area (Å²) in [7, 11) is 1.48. The fourth-order valence-corrected chi connectivity index (χ4v) is 9.60. The van der Waals surface area contributed by atoms with Gasteiger partial charge in [0.15, 0.2) is 6.10 Å². The highest BCUT2D eigenvalue weighted by Crippen LogP contribution is 2.43. The van der Waals surface area contributed by atoms with E-state index in [1.807, 2.05) is 21.1 Å². The summed E-state index contributed by atoms with van der Waals surface area (Å²) in [5.41, 5.74) is 0. The van der Waals surface area contributed by atoms with Crippen molar-refractivity contribution >= 4 is 19.8 Å². The number of likely N-dealkylation sites (N-methyl/N-ethyl adjacent to an activating group) is 1. The quantitative estimate of drug-likeness (QED) is 0.0211. The van der Waals surface area contributed by atoms with Gasteiger partial charge >= 0.3 is 19.8 Å². The Morgan fingerprint density at radius 1 is 0.421 bits per heavy atom. The summed E-state index contributed by atoms with van der Waals surface area (Å²) in [6.45, 7) is 4.34. The molecule has 1 N–H and O–H groups in total. The minimum Gasteiger partial charge on any atom is -0.462 e. The summed E-state index contributed by atoms with van der Waals surface area (Å²) in [4.78, 5) is 35.8. The van der Waals surface area contributed by atoms with Gasteiger partial charge in [0.05, 0.1) is 27.7 Å². The number of ether oxygens (including phenoxy) is 2. The van der Waals surface area contributed by atoms with Gasteiger partial charge in [0.1, 0.15) is 19.8 Å². The highest BCUT2D eigenvalue weighted by atomic mass is 31.2. The van der Waals surface area contributed by atoms with Crippen molar-refractivity contribution in [2.24, 2.45) is 0 Å². The van der Waals surface area contributed by atoms with E-state index in [2.05, 4.69) is 86.8 Å². The first-order chi connectivity index (χ1) is 37.0. The molecule has 0 aliphatic carbocycles. The largest absolute Gasteiger partial charge is 0.472 e. The molecule has 0 bridgehead atoms. The van der Waals surface area contributed by atoms with Crippen LogP contribution in [-0.4, -0.2) is 74.9 Å². The molecule has 0 fully saturated rings. The molecule has 0 radical (unpaired) electrons. The molecule has 0 rings (SSSR count). The van der Waals surface area contributed by atoms with Crippen molar-refractivity contribution < 1.29 is 42.1 Å². The number of allylic oxidation sites excluding steroid dienone is 12. The van der Waals surface area contributed by atoms with E-state index in [9.17, 15) is 19.0 Å². The molecule has 10 heteroatoms. The molecule has 0 amide bonds. The third-order valence-electron chi connectivity index (χ3n) is 13.7. The van der Waals surface area contributed by atoms with Crippen molar-refractivity contribution in [2.45, 2.75) is 290 Å². The first-order valence-corrected chi connectivity index (χ1v) is 33.2. The zero-order chi connectivity index (χ0) is 55.6. The lowest BCUT2D eigenvalue weighted by Gasteiger charge is -2.24. The molecule has 76 heavy (non-hydrogen) atoms. The van der Waals surface area contributed by atoms with Crippen LogP contribution in [0.15, 0.2) is 72.9 Å². The number of carbonyl (C=O) groups excluding carboxylic acids is 2. The third kappa shape index (κ3) is 60.7. The van der Waals surface area contributed by atoms with Gasteiger partial charge in [-0.25, -0.2) is 4.57 Å². The Balaban J connectivity index is 4.09. The molecule has 9 nitrogen and oxygen atoms in total. The number of unbranched alkanes of at least 4 members (excludes halogenated alkanes) is 32. The lowest BCUT2D eigenvalue weighted by molar-refractivity contribution is -0.870. The van der Waals surface area contributed by atoms with Crippen LogP contribution in [0.4, 0.5) is 0 Å². The summed E-state index contributed by atoms with van der Waals surface area (Å²) >= 11 is 0. The Morgan fingerprint density at radius 3 is 1.12 bits per heavy atom. The van der Waals surface area contributed by atoms with E-state index in [1.54, 1.807) is 0 Å². The first kappa shape index (κ1) is 73.5. The lowest BCUT2D eigenvalue weighted by Crippen LogP contribution is -2.37. The second-order valence-corrected chi connectivity index (χ2v) is 23.9. The smallest absolute Gasteiger partial charge is 0.462 e. The minimum absolute atomic E-state index is 0.0304. The minimum atomic E-state index is -4.39. The molecule has 0 spiro atoms. The summed E-state index contributed by atoms with van der Waals surface area (Å²) < 4.78 is 34.7. The molecular weight excluding hydrogens is 966 g/mol. The van der Waals surface area contributed by atoms with Gasteiger partial charge in [-0.3, -0.25) is 18.6 Å². The maximum atomic E-state index is 12.8. The van der Waals surface area contributed by atoms with Gasteiger partial charge in [0.25, 0.3) is 0 Å². The monoisotopic (exact) mass is 1090 g/mol. The maximum Gasteiger partial charge on any atom is 0.472 e. The van der Waals surface area contributed by atoms with Crippen LogP contribution in [0.3, 0.4) is 0 Å². The Kier molecular flexibility index (Phi) is 55.2. The van der Waals surface area contributed by atoms with Crippen molar-refractivity contribution in [1.29, 1.82) is 0 Å². The first-order valence-electron chi connectivity index (χ1n) is 31.7. The van der Waals surface area contributed by atoms with Crippen molar-refractivity contribution in [3.63, 3.8) is 0 Å². The fraction of sp³-hybridized carbons (Fsp3) is 0.788. The molecule has 0 aromatic rings. The van der Waals surface area contributed by atoms with E-state index >= 15 is 0 Å². The van der Waals surface area contributed by atoms with E-state index in [0.717, 1.165) is 64.2 Å². The highest BCUT2D eigenvalue weighted by Gasteiger charge is 2.27. The lowest BCUT2D eigenvalue weighted by atomic mass is 10.0. The molecule has 0 aliphatic heterocycles. The van der Waals surface area contributed by atoms with Crippen molar-refractivity contribution in [1.82, 2.24) is 0 Å². The Morgan fingerprint density at radius 2 is 0.750 bits per heavy atom. The van der Waals surface area contributed by atoms with E-state index in [1.165, 1.54) is 186 Å². The van der Waals surface area contributed by atoms with Gasteiger partial charge in [0.2, 0.25) is 0 Å². The van der Waals surface area contributed by atoms with E-state index in [-0.39, 0.29) is 32.0 Å². The molecule has 0 aromatic carbocycles. The number of esters is 2. The summed E-state index contributed by atoms with van der Waals surface area (Å²) in [5, 5.41) is 0. The predicted octanol–water partition coefficient (Wildman–Crippen LogP) is 20.0. The number of hydrogen-bond acceptors (Lipinski definition) is 7. The van der Waals surface area contributed by atoms with Crippen molar-refractivity contribution in [2.75, 3.05) is 47.5 Å². The average Bonchev–Trinajstić information content (AvgIpc) is 3.38. The molecule has 0 heterocycles. The highest BCUT2D eigenvalue weighted by molar-refractivity contribution is 7.47. The SMILES string of the molecule is CC/C=C\C/C=C\C/C=C\C/C=C\CCCCCCCCCCCCCCCCCCC(=O)OC(COC(=O)CCCCCCCCCCCCC/C=C\C/C=C\CCCCCCC)COP(=O)(O)OCC[N+](C)(C)C. The zero-order valence-corrected chi connectivity index (χ0v) is 51.1. The second kappa shape index (κ2) is 57.1. The number of quaternary nitrogens is 1. The Bertz CT molecular complexity index is 1510. The van der Waals surface area contributed by atoms with Crippen LogP contribution in [0.5, 0.6) is 0 Å². The molecule has 2 unspecified atom stereocenters. The van der Waals surface area contributed by atoms with E-state index in [0.29, 0.717) is 17.4 Å². The Labute approximate surface area is 469 Å². The number of hydrogen-bond donors (Lipinski definition) is 1. The molecule has 442 valence electrons. The van der Waals surface area contributed by atoms with Crippen LogP contribution in [0.2, 0.25) is 0 Å². The fourth-order valence-electron chi connectivity index (χ4n) is 8.86. The number of phosphoric ester groups is 1. The number of carbonyl (C=O) groups is 2. The van der Waals surface area contributed by atoms with Crippen LogP contribution < -0.4 is 0 Å². The van der Waals surface area contributed by atoms with Gasteiger partial charge in [-0.1, -0.05) is 260 Å². The normalized spacial score (nSPS) is 13.7. The van der Waals surface area contributed by atoms with Crippen LogP contribution >= 0.6 is 7.82 Å². The van der Waals surface area contributed by atoms with Gasteiger partial charge in [0, 0.05) is 12.8 Å². The van der Waals surface area contributed by atoms with Crippen LogP contribution in [0.25, 0.3) is 0 Å². The number of nitrogens with zero attached hydrogens (tertiary/aromatic N) is 1. The van der Waals surface area contributed by atoms with Crippen molar-refractivity contribution in [3.05, 3.63) is 72.9 Å². The number of rotatable bonds is 58. The molecule has 0 saturated heterocycles. The Hall–Kier alpha value is -2.55. The molecule has 2 atom stereocenters. The van der Waals surface area contributed by atoms with E-state index in [4.69, 9.17) is 18.5 Å². The average molecular weight is 1090 g/mol. The van der Waals surface area contributed by atoms with Gasteiger partial charge < -0.3 is 18.9 Å². The van der Waals surface area contributed by atoms with Gasteiger partial charge in [-0.05, 0) is 83.5 Å². The molecule has 0 aromatic heterocycles. The molecule has 0 saturated carbocycles. The topological polar surface area (TPSA) is 108 Å². The predicted molar refractivity (Wildman–Crippen MR) is 326 cm³/mol. The van der Waals surface area contributed by atoms with E-state index < -0.39 is 26.5 Å². The van der Waals surface area contributed by atoms with Crippen LogP contribution in [0, 0.1) is 0 Å². The number of phosphoric acid groups is 1. The van der Waals surface area contributed by atoms with Crippen LogP contribution in [0.1, 0.15) is 284 Å². The van der Waals surface area contributed by atoms with Gasteiger partial charge in [-0.15, -0.1) is 0 Å². The van der Waals surface area contributed by atoms with Crippen molar-refractivity contribution in [3.8, 4) is 0 Å². The summed E-state index contributed by atoms with van der Waals surface area (Å²) in [6, 6.07) is 0. The molecular formula is C66H121NO8P+. The van der Waals surface area contributed by atoms with Gasteiger partial charge in [-0.2, -0.15) is 0 Å². The summed E-state index contributed by atoms with van der Waals surface area (Å²) in [6.07, 6.45) is 75.5. The molecule has 0 aliphatic rings. The standard InChI is InChI=1S/C66H120NO8P/c1-6-8-10-12-14-16-18-20-22-24-26-28-30-31-32-33-34-35-37-39-41-43-45-47-49-51-53-55-57-59-66(69)75-64(63-74-76(70,71)73-61-60-67(3,4)5)62-72-65(68)58-56-54-52-50-48-46-44-42-40-38-36-29-27-25-23-21-19-17-15-13-11-9-7-2/h8,10,14,16,19-22,25-28,64H,6-7,9,11-13,15,17-18,23-24,29-63H2,1-5H3/p+1/b10-8-,16-14-,21-19-,22-20-,27-25-,28-26-. The third-order valence-corrected chi connectivity index (χ3v) is 14.7.